The van der Waals surface area contributed by atoms with Gasteiger partial charge in [-0.3, -0.25) is 0 Å². The van der Waals surface area contributed by atoms with Gasteiger partial charge in [-0.05, 0) is 80.8 Å². The molecule has 0 radical (unpaired) electrons. The van der Waals surface area contributed by atoms with Crippen LogP contribution in [0.2, 0.25) is 6.04 Å². The van der Waals surface area contributed by atoms with E-state index in [-0.39, 0.29) is 10.9 Å². The van der Waals surface area contributed by atoms with Gasteiger partial charge in [0.05, 0.1) is 17.0 Å². The minimum Gasteiger partial charge on any atom is -0.377 e. The predicted octanol–water partition coefficient (Wildman–Crippen LogP) is 7.68. The van der Waals surface area contributed by atoms with Crippen molar-refractivity contribution in [2.45, 2.75) is 74.9 Å². The summed E-state index contributed by atoms with van der Waals surface area (Å²) < 4.78 is 47.5. The Hall–Kier alpha value is -2.89. The van der Waals surface area contributed by atoms with E-state index in [1.165, 1.54) is 5.57 Å². The van der Waals surface area contributed by atoms with Crippen molar-refractivity contribution in [3.05, 3.63) is 125 Å². The lowest BCUT2D eigenvalue weighted by Gasteiger charge is -2.30. The van der Waals surface area contributed by atoms with Crippen molar-refractivity contribution in [3.63, 3.8) is 0 Å². The maximum atomic E-state index is 13.9. The Kier molecular flexibility index (Phi) is 14.0. The molecule has 7 nitrogen and oxygen atoms in total. The molecule has 0 fully saturated rings. The Bertz CT molecular complexity index is 1500. The quantitative estimate of drug-likeness (QED) is 0.0778. The molecule has 0 spiro atoms. The maximum absolute atomic E-state index is 13.9. The number of nitrogens with one attached hydrogen (secondary N) is 2. The van der Waals surface area contributed by atoms with Gasteiger partial charge in [0.25, 0.3) is 0 Å². The molecule has 0 saturated heterocycles. The largest absolute Gasteiger partial charge is 0.500 e. The summed E-state index contributed by atoms with van der Waals surface area (Å²) in [6.45, 7) is 2.98. The van der Waals surface area contributed by atoms with E-state index in [0.29, 0.717) is 12.5 Å². The first-order chi connectivity index (χ1) is 22.3. The van der Waals surface area contributed by atoms with E-state index < -0.39 is 24.9 Å². The number of benzene rings is 3. The summed E-state index contributed by atoms with van der Waals surface area (Å²) in [6.07, 6.45) is 12.0. The molecule has 0 heterocycles. The minimum absolute atomic E-state index is 0.222. The fraction of sp³-hybridized carbons (Fsp3) is 0.405. The highest BCUT2D eigenvalue weighted by Gasteiger charge is 2.37. The van der Waals surface area contributed by atoms with E-state index in [1.54, 1.807) is 39.0 Å². The van der Waals surface area contributed by atoms with Gasteiger partial charge in [-0.25, -0.2) is 13.1 Å². The molecule has 0 saturated carbocycles. The van der Waals surface area contributed by atoms with Crippen LogP contribution in [0, 0.1) is 0 Å². The van der Waals surface area contributed by atoms with Crippen LogP contribution in [0.3, 0.4) is 0 Å². The lowest BCUT2D eigenvalue weighted by molar-refractivity contribution is 0.123. The molecule has 3 aromatic rings. The smallest absolute Gasteiger partial charge is 0.377 e. The van der Waals surface area contributed by atoms with Crippen LogP contribution >= 0.6 is 0 Å². The highest BCUT2D eigenvalue weighted by atomic mass is 32.2. The fourth-order valence-electron chi connectivity index (χ4n) is 5.89. The normalized spacial score (nSPS) is 15.2. The van der Waals surface area contributed by atoms with Crippen molar-refractivity contribution >= 4 is 18.8 Å². The number of allylic oxidation sites excluding steroid dienone is 4. The summed E-state index contributed by atoms with van der Waals surface area (Å²) in [7, 11) is -1.80. The Morgan fingerprint density at radius 3 is 1.89 bits per heavy atom. The monoisotopic (exact) mass is 662 g/mol. The van der Waals surface area contributed by atoms with Crippen LogP contribution < -0.4 is 10.0 Å². The molecule has 2 atom stereocenters. The van der Waals surface area contributed by atoms with Crippen molar-refractivity contribution in [2.24, 2.45) is 0 Å². The third-order valence-electron chi connectivity index (χ3n) is 8.78. The number of aryl methyl sites for hydroxylation is 1. The molecule has 2 N–H and O–H groups in total. The van der Waals surface area contributed by atoms with Crippen LogP contribution in [0.4, 0.5) is 0 Å². The number of sulfonamides is 1. The molecule has 248 valence electrons. The summed E-state index contributed by atoms with van der Waals surface area (Å²) in [4.78, 5) is 0.222. The molecular weight excluding hydrogens is 613 g/mol. The first-order valence-corrected chi connectivity index (χ1v) is 19.6. The standard InChI is InChI=1S/C37H50N2O5SSi/c1-30-19-21-31(22-20-30)14-8-7-13-28-38-36(33-15-9-5-10-16-33)37(34-17-11-6-12-18-34)39-45(40,41)35-25-23-32(24-26-35)27-29-46(42-2,43-3)44-4/h5-6,9-12,15-19,22-26,36-39H,7-8,13-14,20-21,27-29H2,1-4H3/t36-,37-/m1/s1. The Labute approximate surface area is 277 Å². The number of hydrogen-bond acceptors (Lipinski definition) is 6. The van der Waals surface area contributed by atoms with Crippen LogP contribution in [0.1, 0.15) is 74.2 Å². The highest BCUT2D eigenvalue weighted by molar-refractivity contribution is 7.89. The first-order valence-electron chi connectivity index (χ1n) is 16.2. The second kappa shape index (κ2) is 17.9. The zero-order valence-corrected chi connectivity index (χ0v) is 29.5. The highest BCUT2D eigenvalue weighted by Crippen LogP contribution is 2.31. The van der Waals surface area contributed by atoms with Crippen LogP contribution in [0.25, 0.3) is 0 Å². The van der Waals surface area contributed by atoms with Gasteiger partial charge in [-0.1, -0.05) is 103 Å². The first kappa shape index (κ1) is 36.0. The summed E-state index contributed by atoms with van der Waals surface area (Å²) >= 11 is 0. The van der Waals surface area contributed by atoms with Crippen LogP contribution in [-0.2, 0) is 29.7 Å². The van der Waals surface area contributed by atoms with E-state index in [0.717, 1.165) is 61.8 Å². The van der Waals surface area contributed by atoms with E-state index >= 15 is 0 Å². The molecule has 0 aromatic heterocycles. The topological polar surface area (TPSA) is 85.9 Å². The SMILES string of the molecule is CO[Si](CCc1ccc(S(=O)(=O)N[C@H](c2ccccc2)[C@H](NCCCCCC2=CCC(C)=CC2)c2ccccc2)cc1)(OC)OC. The average Bonchev–Trinajstić information content (AvgIpc) is 3.10. The third-order valence-corrected chi connectivity index (χ3v) is 13.0. The van der Waals surface area contributed by atoms with E-state index in [1.807, 2.05) is 60.7 Å². The number of hydrogen-bond donors (Lipinski definition) is 2. The zero-order chi connectivity index (χ0) is 32.8. The number of rotatable bonds is 19. The minimum atomic E-state index is -3.86. The fourth-order valence-corrected chi connectivity index (χ4v) is 8.84. The van der Waals surface area contributed by atoms with E-state index in [4.69, 9.17) is 13.3 Å². The molecule has 0 amide bonds. The zero-order valence-electron chi connectivity index (χ0n) is 27.7. The van der Waals surface area contributed by atoms with Crippen LogP contribution in [-0.4, -0.2) is 45.1 Å². The molecule has 46 heavy (non-hydrogen) atoms. The molecule has 0 unspecified atom stereocenters. The van der Waals surface area contributed by atoms with Gasteiger partial charge in [0.15, 0.2) is 0 Å². The second-order valence-electron chi connectivity index (χ2n) is 11.9. The van der Waals surface area contributed by atoms with E-state index in [2.05, 4.69) is 41.2 Å². The molecule has 0 bridgehead atoms. The van der Waals surface area contributed by atoms with Crippen LogP contribution in [0.5, 0.6) is 0 Å². The van der Waals surface area contributed by atoms with Gasteiger partial charge in [0.1, 0.15) is 0 Å². The molecule has 1 aliphatic carbocycles. The number of unbranched alkanes of at least 4 members (excludes halogenated alkanes) is 2. The predicted molar refractivity (Wildman–Crippen MR) is 188 cm³/mol. The summed E-state index contributed by atoms with van der Waals surface area (Å²) in [5, 5.41) is 3.73. The molecular formula is C37H50N2O5SSi. The summed E-state index contributed by atoms with van der Waals surface area (Å²) in [6, 6.07) is 26.8. The van der Waals surface area contributed by atoms with Crippen molar-refractivity contribution in [3.8, 4) is 0 Å². The maximum Gasteiger partial charge on any atom is 0.500 e. The van der Waals surface area contributed by atoms with Gasteiger partial charge in [0.2, 0.25) is 10.0 Å². The molecule has 4 rings (SSSR count). The van der Waals surface area contributed by atoms with Crippen molar-refractivity contribution in [1.82, 2.24) is 10.0 Å². The van der Waals surface area contributed by atoms with Gasteiger partial charge in [-0.2, -0.15) is 0 Å². The van der Waals surface area contributed by atoms with Gasteiger partial charge >= 0.3 is 8.80 Å². The van der Waals surface area contributed by atoms with Gasteiger partial charge < -0.3 is 18.6 Å². The molecule has 9 heteroatoms. The average molecular weight is 663 g/mol. The molecule has 0 aliphatic heterocycles. The van der Waals surface area contributed by atoms with E-state index in [9.17, 15) is 8.42 Å². The van der Waals surface area contributed by atoms with Crippen molar-refractivity contribution in [2.75, 3.05) is 27.9 Å². The van der Waals surface area contributed by atoms with Crippen molar-refractivity contribution in [1.29, 1.82) is 0 Å². The van der Waals surface area contributed by atoms with Crippen LogP contribution in [0.15, 0.2) is 113 Å². The summed E-state index contributed by atoms with van der Waals surface area (Å²) in [5.41, 5.74) is 5.92. The Morgan fingerprint density at radius 1 is 0.717 bits per heavy atom. The van der Waals surface area contributed by atoms with Crippen molar-refractivity contribution < 1.29 is 21.7 Å². The Balaban J connectivity index is 1.47. The van der Waals surface area contributed by atoms with Gasteiger partial charge in [-0.15, -0.1) is 0 Å². The Morgan fingerprint density at radius 2 is 1.33 bits per heavy atom. The van der Waals surface area contributed by atoms with Gasteiger partial charge in [0, 0.05) is 27.4 Å². The second-order valence-corrected chi connectivity index (χ2v) is 16.7. The lowest BCUT2D eigenvalue weighted by Crippen LogP contribution is -2.43. The molecule has 3 aromatic carbocycles. The lowest BCUT2D eigenvalue weighted by atomic mass is 9.93. The molecule has 1 aliphatic rings. The summed E-state index contributed by atoms with van der Waals surface area (Å²) in [5.74, 6) is 0. The third kappa shape index (κ3) is 10.3.